The van der Waals surface area contributed by atoms with Crippen LogP contribution in [0.1, 0.15) is 24.2 Å². The monoisotopic (exact) mass is 449 g/mol. The van der Waals surface area contributed by atoms with Gasteiger partial charge in [0, 0.05) is 17.6 Å². The van der Waals surface area contributed by atoms with Gasteiger partial charge in [0.05, 0.1) is 10.8 Å². The molecule has 0 aliphatic rings. The molecule has 1 heterocycles. The predicted molar refractivity (Wildman–Crippen MR) is 125 cm³/mol. The zero-order chi connectivity index (χ0) is 22.9. The smallest absolute Gasteiger partial charge is 0.341 e. The minimum atomic E-state index is -1.01. The maximum Gasteiger partial charge on any atom is 0.341 e. The molecule has 0 bridgehead atoms. The second kappa shape index (κ2) is 11.1. The van der Waals surface area contributed by atoms with Crippen LogP contribution in [-0.4, -0.2) is 34.1 Å². The van der Waals surface area contributed by atoms with Crippen LogP contribution in [0.4, 0.5) is 11.4 Å². The normalized spacial score (nSPS) is 12.3. The number of pyridine rings is 1. The molecule has 1 aromatic heterocycles. The molecule has 0 saturated carbocycles. The lowest BCUT2D eigenvalue weighted by Crippen LogP contribution is -2.30. The lowest BCUT2D eigenvalue weighted by molar-refractivity contribution is -0.123. The van der Waals surface area contributed by atoms with Crippen LogP contribution in [0, 0.1) is 0 Å². The van der Waals surface area contributed by atoms with Gasteiger partial charge in [0.1, 0.15) is 5.03 Å². The first-order chi connectivity index (χ1) is 15.4. The Morgan fingerprint density at radius 2 is 1.38 bits per heavy atom. The second-order valence-corrected chi connectivity index (χ2v) is 8.20. The van der Waals surface area contributed by atoms with Crippen molar-refractivity contribution in [1.29, 1.82) is 0 Å². The van der Waals surface area contributed by atoms with Gasteiger partial charge in [-0.05, 0) is 50.2 Å². The zero-order valence-electron chi connectivity index (χ0n) is 17.6. The van der Waals surface area contributed by atoms with Crippen LogP contribution in [0.3, 0.4) is 0 Å². The Kier molecular flexibility index (Phi) is 7.99. The summed E-state index contributed by atoms with van der Waals surface area (Å²) in [6.45, 7) is 3.22. The highest BCUT2D eigenvalue weighted by Gasteiger charge is 2.24. The first kappa shape index (κ1) is 23.0. The SMILES string of the molecule is CC(OC(=O)c1cccnc1SC(C)C(=O)Nc1ccccc1)C(=O)Nc1ccccc1. The Morgan fingerprint density at radius 1 is 0.812 bits per heavy atom. The van der Waals surface area contributed by atoms with Gasteiger partial charge < -0.3 is 15.4 Å². The molecular weight excluding hydrogens is 426 g/mol. The average molecular weight is 450 g/mol. The number of carbonyl (C=O) groups is 3. The molecular formula is C24H23N3O4S. The van der Waals surface area contributed by atoms with E-state index < -0.39 is 23.2 Å². The molecule has 32 heavy (non-hydrogen) atoms. The molecule has 3 rings (SSSR count). The van der Waals surface area contributed by atoms with E-state index in [4.69, 9.17) is 4.74 Å². The standard InChI is InChI=1S/C24H23N3O4S/c1-16(21(28)26-18-10-5-3-6-11-18)31-24(30)20-14-9-15-25-23(20)32-17(2)22(29)27-19-12-7-4-8-13-19/h3-17H,1-2H3,(H,26,28)(H,27,29). The number of benzene rings is 2. The van der Waals surface area contributed by atoms with Gasteiger partial charge in [-0.2, -0.15) is 0 Å². The first-order valence-electron chi connectivity index (χ1n) is 9.98. The molecule has 0 spiro atoms. The fourth-order valence-electron chi connectivity index (χ4n) is 2.67. The number of aromatic nitrogens is 1. The molecule has 0 fully saturated rings. The van der Waals surface area contributed by atoms with E-state index in [9.17, 15) is 14.4 Å². The second-order valence-electron chi connectivity index (χ2n) is 6.87. The molecule has 164 valence electrons. The van der Waals surface area contributed by atoms with E-state index in [1.807, 2.05) is 24.3 Å². The number of nitrogens with zero attached hydrogens (tertiary/aromatic N) is 1. The van der Waals surface area contributed by atoms with E-state index >= 15 is 0 Å². The molecule has 3 aromatic rings. The van der Waals surface area contributed by atoms with Gasteiger partial charge in [-0.15, -0.1) is 0 Å². The van der Waals surface area contributed by atoms with Crippen molar-refractivity contribution in [2.45, 2.75) is 30.2 Å². The van der Waals surface area contributed by atoms with Gasteiger partial charge >= 0.3 is 5.97 Å². The molecule has 2 amide bonds. The summed E-state index contributed by atoms with van der Waals surface area (Å²) < 4.78 is 5.34. The first-order valence-corrected chi connectivity index (χ1v) is 10.9. The van der Waals surface area contributed by atoms with Gasteiger partial charge in [-0.25, -0.2) is 9.78 Å². The molecule has 8 heteroatoms. The summed E-state index contributed by atoms with van der Waals surface area (Å²) in [7, 11) is 0. The molecule has 2 N–H and O–H groups in total. The van der Waals surface area contributed by atoms with Gasteiger partial charge in [0.25, 0.3) is 5.91 Å². The summed E-state index contributed by atoms with van der Waals surface area (Å²) in [5.41, 5.74) is 1.48. The number of rotatable bonds is 8. The van der Waals surface area contributed by atoms with Crippen molar-refractivity contribution in [3.63, 3.8) is 0 Å². The molecule has 7 nitrogen and oxygen atoms in total. The number of ether oxygens (including phenoxy) is 1. The van der Waals surface area contributed by atoms with Gasteiger partial charge in [0.15, 0.2) is 6.10 Å². The maximum absolute atomic E-state index is 12.7. The van der Waals surface area contributed by atoms with Crippen molar-refractivity contribution in [3.05, 3.63) is 84.6 Å². The molecule has 0 aliphatic heterocycles. The number of nitrogens with one attached hydrogen (secondary N) is 2. The highest BCUT2D eigenvalue weighted by atomic mass is 32.2. The lowest BCUT2D eigenvalue weighted by Gasteiger charge is -2.16. The van der Waals surface area contributed by atoms with Crippen LogP contribution in [-0.2, 0) is 14.3 Å². The number of para-hydroxylation sites is 2. The van der Waals surface area contributed by atoms with Gasteiger partial charge in [0.2, 0.25) is 5.91 Å². The van der Waals surface area contributed by atoms with E-state index in [1.54, 1.807) is 55.5 Å². The van der Waals surface area contributed by atoms with Crippen LogP contribution in [0.2, 0.25) is 0 Å². The summed E-state index contributed by atoms with van der Waals surface area (Å²) in [5.74, 6) is -1.35. The fraction of sp³-hybridized carbons (Fsp3) is 0.167. The van der Waals surface area contributed by atoms with E-state index in [0.717, 1.165) is 11.8 Å². The molecule has 2 aromatic carbocycles. The molecule has 0 saturated heterocycles. The zero-order valence-corrected chi connectivity index (χ0v) is 18.5. The summed E-state index contributed by atoms with van der Waals surface area (Å²) in [6.07, 6.45) is 0.520. The van der Waals surface area contributed by atoms with Crippen molar-refractivity contribution in [1.82, 2.24) is 4.98 Å². The van der Waals surface area contributed by atoms with Crippen LogP contribution in [0.5, 0.6) is 0 Å². The third-order valence-corrected chi connectivity index (χ3v) is 5.50. The Bertz CT molecular complexity index is 1080. The van der Waals surface area contributed by atoms with Gasteiger partial charge in [-0.1, -0.05) is 48.2 Å². The van der Waals surface area contributed by atoms with E-state index in [1.165, 1.54) is 13.1 Å². The van der Waals surface area contributed by atoms with Gasteiger partial charge in [-0.3, -0.25) is 9.59 Å². The Morgan fingerprint density at radius 3 is 1.97 bits per heavy atom. The number of hydrogen-bond donors (Lipinski definition) is 2. The summed E-state index contributed by atoms with van der Waals surface area (Å²) in [4.78, 5) is 41.8. The Hall–Kier alpha value is -3.65. The van der Waals surface area contributed by atoms with Crippen LogP contribution in [0.25, 0.3) is 0 Å². The number of thioether (sulfide) groups is 1. The molecule has 0 radical (unpaired) electrons. The van der Waals surface area contributed by atoms with Crippen LogP contribution >= 0.6 is 11.8 Å². The van der Waals surface area contributed by atoms with Crippen LogP contribution in [0.15, 0.2) is 84.0 Å². The Balaban J connectivity index is 1.62. The van der Waals surface area contributed by atoms with E-state index in [2.05, 4.69) is 15.6 Å². The quantitative estimate of drug-likeness (QED) is 0.391. The predicted octanol–water partition coefficient (Wildman–Crippen LogP) is 4.38. The minimum Gasteiger partial charge on any atom is -0.449 e. The molecule has 2 unspecified atom stereocenters. The van der Waals surface area contributed by atoms with Crippen molar-refractivity contribution >= 4 is 40.9 Å². The van der Waals surface area contributed by atoms with E-state index in [0.29, 0.717) is 16.4 Å². The Labute approximate surface area is 190 Å². The third kappa shape index (κ3) is 6.42. The highest BCUT2D eigenvalue weighted by Crippen LogP contribution is 2.26. The largest absolute Gasteiger partial charge is 0.449 e. The van der Waals surface area contributed by atoms with Crippen molar-refractivity contribution in [3.8, 4) is 0 Å². The van der Waals surface area contributed by atoms with Crippen LogP contribution < -0.4 is 10.6 Å². The molecule has 2 atom stereocenters. The lowest BCUT2D eigenvalue weighted by atomic mass is 10.2. The fourth-order valence-corrected chi connectivity index (χ4v) is 3.57. The number of carbonyl (C=O) groups excluding carboxylic acids is 3. The van der Waals surface area contributed by atoms with E-state index in [-0.39, 0.29) is 11.5 Å². The number of amides is 2. The maximum atomic E-state index is 12.7. The number of anilines is 2. The summed E-state index contributed by atoms with van der Waals surface area (Å²) in [5, 5.41) is 5.35. The minimum absolute atomic E-state index is 0.191. The van der Waals surface area contributed by atoms with Crippen molar-refractivity contribution < 1.29 is 19.1 Å². The summed E-state index contributed by atoms with van der Waals surface area (Å²) in [6, 6.07) is 21.2. The molecule has 0 aliphatic carbocycles. The van der Waals surface area contributed by atoms with Crippen molar-refractivity contribution in [2.24, 2.45) is 0 Å². The number of hydrogen-bond acceptors (Lipinski definition) is 6. The number of esters is 1. The van der Waals surface area contributed by atoms with Crippen molar-refractivity contribution in [2.75, 3.05) is 10.6 Å². The summed E-state index contributed by atoms with van der Waals surface area (Å²) >= 11 is 1.14. The third-order valence-electron chi connectivity index (χ3n) is 4.38. The average Bonchev–Trinajstić information content (AvgIpc) is 2.80. The topological polar surface area (TPSA) is 97.4 Å². The highest BCUT2D eigenvalue weighted by molar-refractivity contribution is 8.00.